The van der Waals surface area contributed by atoms with Gasteiger partial charge in [-0.1, -0.05) is 0 Å². The Bertz CT molecular complexity index is 793. The van der Waals surface area contributed by atoms with Crippen LogP contribution in [0.15, 0.2) is 16.9 Å². The number of aromatic amines is 1. The maximum Gasteiger partial charge on any atom is 0.253 e. The fraction of sp³-hybridized carbons (Fsp3) is 0.529. The lowest BCUT2D eigenvalue weighted by Gasteiger charge is -2.33. The van der Waals surface area contributed by atoms with Crippen LogP contribution in [0.4, 0.5) is 11.4 Å². The van der Waals surface area contributed by atoms with Crippen molar-refractivity contribution in [3.8, 4) is 0 Å². The van der Waals surface area contributed by atoms with E-state index in [1.807, 2.05) is 0 Å². The SMILES string of the molecule is Cl.N[C@@H]1CCCN(c2c(Br)cnc3[nH]cc(NC(=O)[C@@H]4CCCO4)c23)C1. The first kappa shape index (κ1) is 19.4. The van der Waals surface area contributed by atoms with E-state index in [2.05, 4.69) is 36.1 Å². The number of anilines is 2. The summed E-state index contributed by atoms with van der Waals surface area (Å²) in [4.78, 5) is 22.3. The van der Waals surface area contributed by atoms with Gasteiger partial charge in [0.15, 0.2) is 0 Å². The summed E-state index contributed by atoms with van der Waals surface area (Å²) in [6, 6.07) is 0.160. The van der Waals surface area contributed by atoms with E-state index in [0.29, 0.717) is 6.61 Å². The molecule has 2 aliphatic heterocycles. The van der Waals surface area contributed by atoms with Crippen LogP contribution in [0, 0.1) is 0 Å². The Balaban J connectivity index is 0.00000196. The van der Waals surface area contributed by atoms with E-state index in [4.69, 9.17) is 10.5 Å². The Labute approximate surface area is 166 Å². The third-order valence-corrected chi connectivity index (χ3v) is 5.46. The number of fused-ring (bicyclic) bond motifs is 1. The summed E-state index contributed by atoms with van der Waals surface area (Å²) < 4.78 is 6.39. The van der Waals surface area contributed by atoms with Crippen LogP contribution < -0.4 is 16.0 Å². The number of hydrogen-bond donors (Lipinski definition) is 3. The van der Waals surface area contributed by atoms with Gasteiger partial charge in [-0.25, -0.2) is 4.98 Å². The van der Waals surface area contributed by atoms with Crippen molar-refractivity contribution in [3.05, 3.63) is 16.9 Å². The molecule has 7 nitrogen and oxygen atoms in total. The quantitative estimate of drug-likeness (QED) is 0.676. The Morgan fingerprint density at radius 3 is 3.00 bits per heavy atom. The van der Waals surface area contributed by atoms with Gasteiger partial charge in [-0.2, -0.15) is 0 Å². The number of carbonyl (C=O) groups excluding carboxylic acids is 1. The molecule has 2 aliphatic rings. The molecule has 0 radical (unpaired) electrons. The zero-order valence-electron chi connectivity index (χ0n) is 14.3. The van der Waals surface area contributed by atoms with E-state index in [0.717, 1.165) is 65.7 Å². The van der Waals surface area contributed by atoms with Crippen LogP contribution in [0.3, 0.4) is 0 Å². The molecule has 4 N–H and O–H groups in total. The minimum atomic E-state index is -0.364. The van der Waals surface area contributed by atoms with Crippen molar-refractivity contribution in [3.63, 3.8) is 0 Å². The van der Waals surface area contributed by atoms with Gasteiger partial charge < -0.3 is 25.7 Å². The number of nitrogens with zero attached hydrogens (tertiary/aromatic N) is 2. The number of piperidine rings is 1. The van der Waals surface area contributed by atoms with Crippen molar-refractivity contribution in [2.45, 2.75) is 37.8 Å². The molecule has 0 aromatic carbocycles. The molecule has 2 saturated heterocycles. The largest absolute Gasteiger partial charge is 0.368 e. The van der Waals surface area contributed by atoms with Crippen LogP contribution >= 0.6 is 28.3 Å². The molecular weight excluding hydrogens is 422 g/mol. The number of carbonyl (C=O) groups is 1. The molecular formula is C17H23BrClN5O2. The molecule has 2 aromatic rings. The van der Waals surface area contributed by atoms with E-state index >= 15 is 0 Å². The number of aromatic nitrogens is 2. The molecule has 2 fully saturated rings. The lowest BCUT2D eigenvalue weighted by atomic mass is 10.1. The number of nitrogens with two attached hydrogens (primary N) is 1. The maximum atomic E-state index is 12.5. The first-order valence-electron chi connectivity index (χ1n) is 8.72. The van der Waals surface area contributed by atoms with Crippen LogP contribution in [0.5, 0.6) is 0 Å². The number of rotatable bonds is 3. The summed E-state index contributed by atoms with van der Waals surface area (Å²) in [6.45, 7) is 2.38. The molecule has 2 aromatic heterocycles. The number of pyridine rings is 1. The zero-order valence-corrected chi connectivity index (χ0v) is 16.7. The van der Waals surface area contributed by atoms with Gasteiger partial charge in [-0.15, -0.1) is 12.4 Å². The molecule has 0 aliphatic carbocycles. The molecule has 0 saturated carbocycles. The molecule has 1 amide bonds. The van der Waals surface area contributed by atoms with Crippen LogP contribution in [0.25, 0.3) is 11.0 Å². The predicted octanol–water partition coefficient (Wildman–Crippen LogP) is 2.79. The summed E-state index contributed by atoms with van der Waals surface area (Å²) in [7, 11) is 0. The van der Waals surface area contributed by atoms with Gasteiger partial charge in [0, 0.05) is 38.1 Å². The van der Waals surface area contributed by atoms with Crippen LogP contribution in [-0.4, -0.2) is 47.7 Å². The molecule has 0 unspecified atom stereocenters. The van der Waals surface area contributed by atoms with Crippen molar-refractivity contribution >= 4 is 56.7 Å². The van der Waals surface area contributed by atoms with E-state index in [9.17, 15) is 4.79 Å². The normalized spacial score (nSPS) is 23.1. The number of hydrogen-bond acceptors (Lipinski definition) is 5. The van der Waals surface area contributed by atoms with Gasteiger partial charge in [0.2, 0.25) is 0 Å². The highest BCUT2D eigenvalue weighted by Gasteiger charge is 2.27. The second-order valence-corrected chi connectivity index (χ2v) is 7.57. The first-order chi connectivity index (χ1) is 12.1. The van der Waals surface area contributed by atoms with E-state index in [1.165, 1.54) is 0 Å². The number of nitrogens with one attached hydrogen (secondary N) is 2. The van der Waals surface area contributed by atoms with Crippen LogP contribution in [0.1, 0.15) is 25.7 Å². The molecule has 0 bridgehead atoms. The molecule has 2 atom stereocenters. The van der Waals surface area contributed by atoms with Crippen LogP contribution in [-0.2, 0) is 9.53 Å². The number of halogens is 2. The second kappa shape index (κ2) is 8.12. The summed E-state index contributed by atoms with van der Waals surface area (Å²) >= 11 is 3.63. The topological polar surface area (TPSA) is 96.3 Å². The lowest BCUT2D eigenvalue weighted by Crippen LogP contribution is -2.43. The summed E-state index contributed by atoms with van der Waals surface area (Å²) in [5.74, 6) is -0.0975. The Kier molecular flexibility index (Phi) is 6.06. The van der Waals surface area contributed by atoms with Gasteiger partial charge in [-0.3, -0.25) is 4.79 Å². The molecule has 26 heavy (non-hydrogen) atoms. The Morgan fingerprint density at radius 1 is 1.42 bits per heavy atom. The summed E-state index contributed by atoms with van der Waals surface area (Å²) in [5, 5.41) is 3.92. The van der Waals surface area contributed by atoms with E-state index in [-0.39, 0.29) is 30.5 Å². The average molecular weight is 445 g/mol. The van der Waals surface area contributed by atoms with E-state index < -0.39 is 0 Å². The fourth-order valence-electron chi connectivity index (χ4n) is 3.67. The van der Waals surface area contributed by atoms with E-state index in [1.54, 1.807) is 12.4 Å². The van der Waals surface area contributed by atoms with Crippen molar-refractivity contribution in [2.24, 2.45) is 5.73 Å². The van der Waals surface area contributed by atoms with Gasteiger partial charge in [0.05, 0.1) is 21.2 Å². The van der Waals surface area contributed by atoms with Gasteiger partial charge in [0.25, 0.3) is 5.91 Å². The van der Waals surface area contributed by atoms with Gasteiger partial charge in [-0.05, 0) is 41.6 Å². The highest BCUT2D eigenvalue weighted by molar-refractivity contribution is 9.10. The fourth-order valence-corrected chi connectivity index (χ4v) is 4.23. The van der Waals surface area contributed by atoms with Gasteiger partial charge >= 0.3 is 0 Å². The van der Waals surface area contributed by atoms with Crippen molar-refractivity contribution < 1.29 is 9.53 Å². The smallest absolute Gasteiger partial charge is 0.253 e. The predicted molar refractivity (Wildman–Crippen MR) is 108 cm³/mol. The minimum absolute atomic E-state index is 0. The molecule has 142 valence electrons. The standard InChI is InChI=1S/C17H22BrN5O2.ClH/c18-11-7-20-16-14(15(11)23-5-1-3-10(19)9-23)12(8-21-16)22-17(24)13-4-2-6-25-13;/h7-8,10,13H,1-6,9,19H2,(H,20,21)(H,22,24);1H/t10-,13+;/m1./s1. The highest BCUT2D eigenvalue weighted by Crippen LogP contribution is 2.39. The number of H-pyrrole nitrogens is 1. The second-order valence-electron chi connectivity index (χ2n) is 6.72. The maximum absolute atomic E-state index is 12.5. The van der Waals surface area contributed by atoms with Crippen molar-refractivity contribution in [1.82, 2.24) is 9.97 Å². The molecule has 0 spiro atoms. The summed E-state index contributed by atoms with van der Waals surface area (Å²) in [6.07, 6.45) is 7.01. The van der Waals surface area contributed by atoms with Crippen molar-refractivity contribution in [2.75, 3.05) is 29.9 Å². The van der Waals surface area contributed by atoms with Crippen molar-refractivity contribution in [1.29, 1.82) is 0 Å². The third kappa shape index (κ3) is 3.69. The zero-order chi connectivity index (χ0) is 17.4. The lowest BCUT2D eigenvalue weighted by molar-refractivity contribution is -0.124. The number of amides is 1. The molecule has 9 heteroatoms. The molecule has 4 rings (SSSR count). The monoisotopic (exact) mass is 443 g/mol. The Morgan fingerprint density at radius 2 is 2.27 bits per heavy atom. The first-order valence-corrected chi connectivity index (χ1v) is 9.51. The average Bonchev–Trinajstić information content (AvgIpc) is 3.25. The minimum Gasteiger partial charge on any atom is -0.368 e. The number of ether oxygens (including phenoxy) is 1. The summed E-state index contributed by atoms with van der Waals surface area (Å²) in [5.41, 5.74) is 8.68. The highest BCUT2D eigenvalue weighted by atomic mass is 79.9. The molecule has 4 heterocycles. The third-order valence-electron chi connectivity index (χ3n) is 4.88. The van der Waals surface area contributed by atoms with Gasteiger partial charge in [0.1, 0.15) is 11.8 Å². The Hall–Kier alpha value is -1.35. The van der Waals surface area contributed by atoms with Crippen LogP contribution in [0.2, 0.25) is 0 Å².